The highest BCUT2D eigenvalue weighted by Gasteiger charge is 2.71. The number of aliphatic hydroxyl groups is 3. The predicted octanol–water partition coefficient (Wildman–Crippen LogP) is 4.49. The fraction of sp³-hybridized carbons (Fsp3) is 1.00. The minimum atomic E-state index is -0.760. The summed E-state index contributed by atoms with van der Waals surface area (Å²) in [5, 5.41) is 33.9. The lowest BCUT2D eigenvalue weighted by atomic mass is 9.35. The lowest BCUT2D eigenvalue weighted by Gasteiger charge is -2.70. The first-order valence-corrected chi connectivity index (χ1v) is 13.0. The number of fused-ring (bicyclic) bond motifs is 5. The molecule has 5 N–H and O–H groups in total. The average Bonchev–Trinajstić information content (AvgIpc) is 3.06. The Hall–Kier alpha value is -0.160. The number of aliphatic hydroxyl groups excluding tert-OH is 2. The van der Waals surface area contributed by atoms with Gasteiger partial charge in [0.15, 0.2) is 0 Å². The van der Waals surface area contributed by atoms with E-state index in [4.69, 9.17) is 5.73 Å². The molecule has 0 heterocycles. The first-order chi connectivity index (χ1) is 14.3. The molecule has 0 aromatic heterocycles. The quantitative estimate of drug-likeness (QED) is 0.524. The molecule has 180 valence electrons. The van der Waals surface area contributed by atoms with Gasteiger partial charge in [0, 0.05) is 0 Å². The van der Waals surface area contributed by atoms with E-state index in [1.54, 1.807) is 0 Å². The average molecular weight is 436 g/mol. The summed E-state index contributed by atoms with van der Waals surface area (Å²) in [5.41, 5.74) is 5.30. The van der Waals surface area contributed by atoms with Crippen LogP contribution in [-0.2, 0) is 0 Å². The molecule has 0 aliphatic heterocycles. The minimum absolute atomic E-state index is 0.0426. The van der Waals surface area contributed by atoms with E-state index in [0.717, 1.165) is 44.9 Å². The molecule has 0 aromatic rings. The normalized spacial score (nSPS) is 53.2. The van der Waals surface area contributed by atoms with Crippen molar-refractivity contribution in [2.24, 2.45) is 51.1 Å². The van der Waals surface area contributed by atoms with Gasteiger partial charge in [0.2, 0.25) is 0 Å². The van der Waals surface area contributed by atoms with Crippen LogP contribution in [0.15, 0.2) is 0 Å². The van der Waals surface area contributed by atoms with Crippen LogP contribution in [0.25, 0.3) is 0 Å². The zero-order valence-corrected chi connectivity index (χ0v) is 21.0. The predicted molar refractivity (Wildman–Crippen MR) is 125 cm³/mol. The van der Waals surface area contributed by atoms with Crippen molar-refractivity contribution in [2.45, 2.75) is 117 Å². The fourth-order valence-electron chi connectivity index (χ4n) is 10.1. The van der Waals surface area contributed by atoms with E-state index in [-0.39, 0.29) is 45.7 Å². The van der Waals surface area contributed by atoms with Gasteiger partial charge in [0.1, 0.15) is 0 Å². The molecule has 4 heteroatoms. The molecule has 0 bridgehead atoms. The monoisotopic (exact) mass is 435 g/mol. The maximum absolute atomic E-state index is 11.7. The molecular weight excluding hydrogens is 386 g/mol. The third-order valence-electron chi connectivity index (χ3n) is 12.1. The smallest absolute Gasteiger partial charge is 0.0652 e. The Bertz CT molecular complexity index is 692. The standard InChI is InChI=1S/C27H49NO3/c1-23(2)19-9-14-25(4)20(24(19,3)12-10-21(23)30)16-18(29)22-17(8-13-26(22,25)5)27(6,31)11-7-15-28/h17-22,29-31H,7-16,28H2,1-6H3/t17-,18+,19?,20?,21-,22?,24-,25+,26+,27-/m0/s1. The summed E-state index contributed by atoms with van der Waals surface area (Å²) < 4.78 is 0. The molecule has 4 aliphatic carbocycles. The maximum atomic E-state index is 11.7. The summed E-state index contributed by atoms with van der Waals surface area (Å²) in [6.45, 7) is 14.6. The molecule has 0 radical (unpaired) electrons. The van der Waals surface area contributed by atoms with Gasteiger partial charge in [0.05, 0.1) is 17.8 Å². The van der Waals surface area contributed by atoms with Gasteiger partial charge in [-0.05, 0) is 117 Å². The Morgan fingerprint density at radius 3 is 2.19 bits per heavy atom. The van der Waals surface area contributed by atoms with Gasteiger partial charge in [-0.25, -0.2) is 0 Å². The van der Waals surface area contributed by atoms with Gasteiger partial charge in [-0.15, -0.1) is 0 Å². The van der Waals surface area contributed by atoms with E-state index >= 15 is 0 Å². The van der Waals surface area contributed by atoms with Crippen LogP contribution in [-0.4, -0.2) is 39.7 Å². The zero-order valence-electron chi connectivity index (χ0n) is 21.0. The highest BCUT2D eigenvalue weighted by molar-refractivity contribution is 5.19. The first kappa shape index (κ1) is 24.0. The van der Waals surface area contributed by atoms with Gasteiger partial charge in [0.25, 0.3) is 0 Å². The van der Waals surface area contributed by atoms with E-state index in [0.29, 0.717) is 18.4 Å². The Morgan fingerprint density at radius 2 is 1.55 bits per heavy atom. The third-order valence-corrected chi connectivity index (χ3v) is 12.1. The molecule has 31 heavy (non-hydrogen) atoms. The topological polar surface area (TPSA) is 86.7 Å². The van der Waals surface area contributed by atoms with Crippen LogP contribution in [0.4, 0.5) is 0 Å². The molecule has 0 spiro atoms. The Kier molecular flexibility index (Phi) is 5.74. The first-order valence-electron chi connectivity index (χ1n) is 13.0. The molecule has 3 unspecified atom stereocenters. The van der Waals surface area contributed by atoms with Gasteiger partial charge < -0.3 is 21.1 Å². The summed E-state index contributed by atoms with van der Waals surface area (Å²) in [7, 11) is 0. The second kappa shape index (κ2) is 7.42. The zero-order chi connectivity index (χ0) is 23.0. The third kappa shape index (κ3) is 3.14. The molecule has 0 aromatic carbocycles. The van der Waals surface area contributed by atoms with Crippen molar-refractivity contribution in [1.82, 2.24) is 0 Å². The second-order valence-corrected chi connectivity index (χ2v) is 13.6. The second-order valence-electron chi connectivity index (χ2n) is 13.6. The molecule has 4 saturated carbocycles. The molecule has 4 aliphatic rings. The minimum Gasteiger partial charge on any atom is -0.393 e. The summed E-state index contributed by atoms with van der Waals surface area (Å²) in [6, 6.07) is 0. The van der Waals surface area contributed by atoms with Crippen molar-refractivity contribution in [1.29, 1.82) is 0 Å². The van der Waals surface area contributed by atoms with Crippen LogP contribution in [0.5, 0.6) is 0 Å². The Balaban J connectivity index is 1.70. The Labute approximate surface area is 190 Å². The summed E-state index contributed by atoms with van der Waals surface area (Å²) >= 11 is 0. The van der Waals surface area contributed by atoms with E-state index in [1.807, 2.05) is 6.92 Å². The van der Waals surface area contributed by atoms with Crippen molar-refractivity contribution in [3.8, 4) is 0 Å². The fourth-order valence-corrected chi connectivity index (χ4v) is 10.1. The van der Waals surface area contributed by atoms with Crippen molar-refractivity contribution in [3.63, 3.8) is 0 Å². The van der Waals surface area contributed by atoms with Crippen molar-refractivity contribution < 1.29 is 15.3 Å². The van der Waals surface area contributed by atoms with Gasteiger partial charge in [-0.2, -0.15) is 0 Å². The highest BCUT2D eigenvalue weighted by Crippen LogP contribution is 2.75. The lowest BCUT2D eigenvalue weighted by molar-refractivity contribution is -0.246. The van der Waals surface area contributed by atoms with Crippen LogP contribution in [0, 0.1) is 45.3 Å². The van der Waals surface area contributed by atoms with Gasteiger partial charge in [-0.1, -0.05) is 34.6 Å². The molecular formula is C27H49NO3. The number of nitrogens with two attached hydrogens (primary N) is 1. The molecule has 0 amide bonds. The molecule has 4 nitrogen and oxygen atoms in total. The van der Waals surface area contributed by atoms with Crippen LogP contribution in [0.1, 0.15) is 99.3 Å². The largest absolute Gasteiger partial charge is 0.393 e. The van der Waals surface area contributed by atoms with Crippen molar-refractivity contribution >= 4 is 0 Å². The Morgan fingerprint density at radius 1 is 0.903 bits per heavy atom. The van der Waals surface area contributed by atoms with Gasteiger partial charge in [-0.3, -0.25) is 0 Å². The van der Waals surface area contributed by atoms with Crippen LogP contribution in [0.2, 0.25) is 0 Å². The summed E-state index contributed by atoms with van der Waals surface area (Å²) in [5.74, 6) is 1.27. The SMILES string of the molecule is CC1(C)C2CC[C@]3(C)C(C[C@@H](O)C4[C@@H]([C@@](C)(O)CCCN)CC[C@]43C)[C@@]2(C)CC[C@@H]1O. The number of hydrogen-bond donors (Lipinski definition) is 4. The van der Waals surface area contributed by atoms with E-state index in [9.17, 15) is 15.3 Å². The summed E-state index contributed by atoms with van der Waals surface area (Å²) in [6.07, 6.45) is 8.20. The van der Waals surface area contributed by atoms with Crippen molar-refractivity contribution in [2.75, 3.05) is 6.54 Å². The van der Waals surface area contributed by atoms with E-state index in [1.165, 1.54) is 12.8 Å². The van der Waals surface area contributed by atoms with Crippen LogP contribution >= 0.6 is 0 Å². The molecule has 4 fully saturated rings. The van der Waals surface area contributed by atoms with E-state index in [2.05, 4.69) is 34.6 Å². The number of rotatable bonds is 4. The highest BCUT2D eigenvalue weighted by atomic mass is 16.3. The summed E-state index contributed by atoms with van der Waals surface area (Å²) in [4.78, 5) is 0. The molecule has 4 rings (SSSR count). The van der Waals surface area contributed by atoms with Gasteiger partial charge >= 0.3 is 0 Å². The number of hydrogen-bond acceptors (Lipinski definition) is 4. The van der Waals surface area contributed by atoms with E-state index < -0.39 is 5.60 Å². The maximum Gasteiger partial charge on any atom is 0.0652 e. The molecule has 10 atom stereocenters. The molecule has 0 saturated heterocycles. The lowest BCUT2D eigenvalue weighted by Crippen LogP contribution is -2.66. The van der Waals surface area contributed by atoms with Crippen LogP contribution < -0.4 is 5.73 Å². The van der Waals surface area contributed by atoms with Crippen LogP contribution in [0.3, 0.4) is 0 Å². The van der Waals surface area contributed by atoms with Crippen molar-refractivity contribution in [3.05, 3.63) is 0 Å².